The molecule has 0 aliphatic carbocycles. The highest BCUT2D eigenvalue weighted by Crippen LogP contribution is 2.28. The summed E-state index contributed by atoms with van der Waals surface area (Å²) in [5.41, 5.74) is 0.945. The number of nitrogens with zero attached hydrogens (tertiary/aromatic N) is 1. The summed E-state index contributed by atoms with van der Waals surface area (Å²) in [7, 11) is -2.55. The summed E-state index contributed by atoms with van der Waals surface area (Å²) in [4.78, 5) is 24.9. The molecule has 0 bridgehead atoms. The average molecular weight is 451 g/mol. The highest BCUT2D eigenvalue weighted by molar-refractivity contribution is 7.89. The second-order valence-corrected chi connectivity index (χ2v) is 9.31. The lowest BCUT2D eigenvalue weighted by Crippen LogP contribution is -2.43. The molecule has 1 heterocycles. The molecule has 1 aliphatic heterocycles. The molecule has 0 radical (unpaired) electrons. The molecule has 1 amide bonds. The van der Waals surface area contributed by atoms with Gasteiger partial charge in [-0.15, -0.1) is 0 Å². The van der Waals surface area contributed by atoms with Gasteiger partial charge in [-0.2, -0.15) is 4.31 Å². The topological polar surface area (TPSA) is 92.8 Å². The Morgan fingerprint density at radius 1 is 1.13 bits per heavy atom. The van der Waals surface area contributed by atoms with Crippen LogP contribution in [0.5, 0.6) is 0 Å². The van der Waals surface area contributed by atoms with E-state index >= 15 is 0 Å². The summed E-state index contributed by atoms with van der Waals surface area (Å²) in [6, 6.07) is 12.3. The Balaban J connectivity index is 1.84. The van der Waals surface area contributed by atoms with Crippen LogP contribution >= 0.6 is 11.6 Å². The van der Waals surface area contributed by atoms with Crippen molar-refractivity contribution in [3.8, 4) is 0 Å². The van der Waals surface area contributed by atoms with Crippen molar-refractivity contribution in [1.82, 2.24) is 9.62 Å². The molecule has 1 unspecified atom stereocenters. The minimum atomic E-state index is -3.79. The number of carbonyl (C=O) groups is 2. The van der Waals surface area contributed by atoms with Crippen LogP contribution < -0.4 is 5.32 Å². The van der Waals surface area contributed by atoms with E-state index in [2.05, 4.69) is 5.32 Å². The monoisotopic (exact) mass is 450 g/mol. The van der Waals surface area contributed by atoms with Gasteiger partial charge in [-0.05, 0) is 36.6 Å². The molecule has 2 aromatic carbocycles. The fourth-order valence-electron chi connectivity index (χ4n) is 3.34. The van der Waals surface area contributed by atoms with Gasteiger partial charge in [0.25, 0.3) is 5.91 Å². The third kappa shape index (κ3) is 5.00. The number of ether oxygens (including phenoxy) is 1. The van der Waals surface area contributed by atoms with Gasteiger partial charge in [-0.1, -0.05) is 41.9 Å². The summed E-state index contributed by atoms with van der Waals surface area (Å²) >= 11 is 6.14. The molecule has 1 atom stereocenters. The van der Waals surface area contributed by atoms with Crippen LogP contribution in [-0.2, 0) is 26.0 Å². The standard InChI is InChI=1S/C21H23ClN2O5S/c1-29-21(26)18(13-15-7-3-2-4-8-15)23-20(25)16-9-10-17(22)19(14-16)30(27,28)24-11-5-6-12-24/h2-4,7-10,14,18H,5-6,11-13H2,1H3,(H,23,25). The molecule has 1 aliphatic rings. The van der Waals surface area contributed by atoms with E-state index in [1.165, 1.54) is 29.6 Å². The lowest BCUT2D eigenvalue weighted by molar-refractivity contribution is -0.142. The molecule has 1 N–H and O–H groups in total. The van der Waals surface area contributed by atoms with Crippen LogP contribution in [-0.4, -0.2) is 50.8 Å². The number of methoxy groups -OCH3 is 1. The summed E-state index contributed by atoms with van der Waals surface area (Å²) in [6.45, 7) is 0.854. The molecule has 3 rings (SSSR count). The van der Waals surface area contributed by atoms with Gasteiger partial charge in [0, 0.05) is 25.1 Å². The lowest BCUT2D eigenvalue weighted by Gasteiger charge is -2.19. The zero-order valence-corrected chi connectivity index (χ0v) is 18.1. The Bertz CT molecular complexity index is 1020. The first kappa shape index (κ1) is 22.3. The minimum Gasteiger partial charge on any atom is -0.467 e. The second kappa shape index (κ2) is 9.59. The second-order valence-electron chi connectivity index (χ2n) is 7.00. The first-order chi connectivity index (χ1) is 14.3. The number of nitrogens with one attached hydrogen (secondary N) is 1. The highest BCUT2D eigenvalue weighted by Gasteiger charge is 2.30. The Hall–Kier alpha value is -2.42. The van der Waals surface area contributed by atoms with Crippen LogP contribution in [0.4, 0.5) is 0 Å². The number of rotatable bonds is 7. The van der Waals surface area contributed by atoms with E-state index in [4.69, 9.17) is 16.3 Å². The molecule has 2 aromatic rings. The number of carbonyl (C=O) groups excluding carboxylic acids is 2. The summed E-state index contributed by atoms with van der Waals surface area (Å²) in [5, 5.41) is 2.68. The van der Waals surface area contributed by atoms with Crippen LogP contribution in [0.15, 0.2) is 53.4 Å². The van der Waals surface area contributed by atoms with Gasteiger partial charge < -0.3 is 10.1 Å². The van der Waals surface area contributed by atoms with E-state index in [0.29, 0.717) is 13.1 Å². The Kier molecular flexibility index (Phi) is 7.12. The van der Waals surface area contributed by atoms with Crippen molar-refractivity contribution in [2.45, 2.75) is 30.2 Å². The zero-order chi connectivity index (χ0) is 21.7. The molecule has 0 aromatic heterocycles. The number of esters is 1. The Morgan fingerprint density at radius 3 is 2.43 bits per heavy atom. The SMILES string of the molecule is COC(=O)C(Cc1ccccc1)NC(=O)c1ccc(Cl)c(S(=O)(=O)N2CCCC2)c1. The largest absolute Gasteiger partial charge is 0.467 e. The minimum absolute atomic E-state index is 0.0484. The molecule has 0 spiro atoms. The maximum absolute atomic E-state index is 12.9. The lowest BCUT2D eigenvalue weighted by atomic mass is 10.1. The molecule has 9 heteroatoms. The van der Waals surface area contributed by atoms with Crippen molar-refractivity contribution in [2.75, 3.05) is 20.2 Å². The molecule has 1 fully saturated rings. The van der Waals surface area contributed by atoms with Crippen molar-refractivity contribution >= 4 is 33.5 Å². The normalized spacial score (nSPS) is 15.5. The van der Waals surface area contributed by atoms with Gasteiger partial charge in [-0.25, -0.2) is 13.2 Å². The Morgan fingerprint density at radius 2 is 1.80 bits per heavy atom. The maximum atomic E-state index is 12.9. The predicted molar refractivity (Wildman–Crippen MR) is 113 cm³/mol. The smallest absolute Gasteiger partial charge is 0.328 e. The van der Waals surface area contributed by atoms with E-state index in [1.54, 1.807) is 0 Å². The number of amides is 1. The molecule has 1 saturated heterocycles. The van der Waals surface area contributed by atoms with Gasteiger partial charge in [0.1, 0.15) is 10.9 Å². The van der Waals surface area contributed by atoms with Crippen LogP contribution in [0.3, 0.4) is 0 Å². The van der Waals surface area contributed by atoms with E-state index in [-0.39, 0.29) is 21.9 Å². The predicted octanol–water partition coefficient (Wildman–Crippen LogP) is 2.64. The van der Waals surface area contributed by atoms with Crippen molar-refractivity contribution in [1.29, 1.82) is 0 Å². The molecular weight excluding hydrogens is 428 g/mol. The fraction of sp³-hybridized carbons (Fsp3) is 0.333. The summed E-state index contributed by atoms with van der Waals surface area (Å²) in [6.07, 6.45) is 1.82. The van der Waals surface area contributed by atoms with Gasteiger partial charge in [-0.3, -0.25) is 4.79 Å². The summed E-state index contributed by atoms with van der Waals surface area (Å²) < 4.78 is 31.9. The van der Waals surface area contributed by atoms with Crippen molar-refractivity contribution in [2.24, 2.45) is 0 Å². The number of benzene rings is 2. The van der Waals surface area contributed by atoms with Crippen LogP contribution in [0.25, 0.3) is 0 Å². The first-order valence-corrected chi connectivity index (χ1v) is 11.4. The average Bonchev–Trinajstić information content (AvgIpc) is 3.29. The van der Waals surface area contributed by atoms with Crippen LogP contribution in [0.1, 0.15) is 28.8 Å². The van der Waals surface area contributed by atoms with Crippen LogP contribution in [0, 0.1) is 0 Å². The molecule has 160 valence electrons. The maximum Gasteiger partial charge on any atom is 0.328 e. The van der Waals surface area contributed by atoms with Gasteiger partial charge >= 0.3 is 5.97 Å². The number of hydrogen-bond acceptors (Lipinski definition) is 5. The van der Waals surface area contributed by atoms with E-state index < -0.39 is 27.9 Å². The van der Waals surface area contributed by atoms with Crippen molar-refractivity contribution < 1.29 is 22.7 Å². The Labute approximate surface area is 181 Å². The highest BCUT2D eigenvalue weighted by atomic mass is 35.5. The third-order valence-electron chi connectivity index (χ3n) is 4.95. The van der Waals surface area contributed by atoms with Gasteiger partial charge in [0.15, 0.2) is 0 Å². The molecule has 7 nitrogen and oxygen atoms in total. The fourth-order valence-corrected chi connectivity index (χ4v) is 5.35. The van der Waals surface area contributed by atoms with Crippen LogP contribution in [0.2, 0.25) is 5.02 Å². The van der Waals surface area contributed by atoms with Gasteiger partial charge in [0.2, 0.25) is 10.0 Å². The van der Waals surface area contributed by atoms with E-state index in [1.807, 2.05) is 30.3 Å². The number of sulfonamides is 1. The third-order valence-corrected chi connectivity index (χ3v) is 7.33. The van der Waals surface area contributed by atoms with Gasteiger partial charge in [0.05, 0.1) is 12.1 Å². The first-order valence-electron chi connectivity index (χ1n) is 9.55. The molecule has 30 heavy (non-hydrogen) atoms. The molecular formula is C21H23ClN2O5S. The quantitative estimate of drug-likeness (QED) is 0.654. The number of halogens is 1. The summed E-state index contributed by atoms with van der Waals surface area (Å²) in [5.74, 6) is -1.18. The van der Waals surface area contributed by atoms with Crippen molar-refractivity contribution in [3.63, 3.8) is 0 Å². The molecule has 0 saturated carbocycles. The van der Waals surface area contributed by atoms with Crippen molar-refractivity contribution in [3.05, 3.63) is 64.7 Å². The zero-order valence-electron chi connectivity index (χ0n) is 16.5. The van der Waals surface area contributed by atoms with E-state index in [0.717, 1.165) is 18.4 Å². The number of hydrogen-bond donors (Lipinski definition) is 1. The van der Waals surface area contributed by atoms with E-state index in [9.17, 15) is 18.0 Å².